The first-order valence-corrected chi connectivity index (χ1v) is 12.6. The molecule has 1 nitrogen and oxygen atoms in total. The molecule has 2 aliphatic rings. The second-order valence-electron chi connectivity index (χ2n) is 7.22. The van der Waals surface area contributed by atoms with Crippen LogP contribution in [0.25, 0.3) is 0 Å². The molecular formula is C18H35IOS. The van der Waals surface area contributed by atoms with E-state index < -0.39 is 10.3 Å². The lowest BCUT2D eigenvalue weighted by Gasteiger charge is -2.49. The number of rotatable bonds is 7. The molecule has 126 valence electrons. The third-order valence-corrected chi connectivity index (χ3v) is 11.1. The van der Waals surface area contributed by atoms with E-state index in [2.05, 4.69) is 50.3 Å². The van der Waals surface area contributed by atoms with Gasteiger partial charge in [-0.2, -0.15) is 0 Å². The first kappa shape index (κ1) is 18.4. The van der Waals surface area contributed by atoms with Crippen LogP contribution in [0.5, 0.6) is 0 Å². The highest BCUT2D eigenvalue weighted by Gasteiger charge is 2.51. The van der Waals surface area contributed by atoms with Crippen LogP contribution in [0.3, 0.4) is 0 Å². The molecule has 0 aliphatic heterocycles. The van der Waals surface area contributed by atoms with Crippen LogP contribution < -0.4 is 0 Å². The standard InChI is InChI=1S/C18H35IOS/c1-5-21(6-2,7-3)20-17-9-8-13-18(4)15(12-14-19)10-11-16(17)18/h15-17H,5-14H2,1-4H3. The van der Waals surface area contributed by atoms with Crippen molar-refractivity contribution in [2.75, 3.05) is 21.7 Å². The molecule has 2 rings (SSSR count). The van der Waals surface area contributed by atoms with Crippen molar-refractivity contribution in [1.82, 2.24) is 0 Å². The quantitative estimate of drug-likeness (QED) is 0.348. The highest BCUT2D eigenvalue weighted by atomic mass is 127. The summed E-state index contributed by atoms with van der Waals surface area (Å²) in [5, 5.41) is 0. The van der Waals surface area contributed by atoms with Gasteiger partial charge in [0, 0.05) is 0 Å². The van der Waals surface area contributed by atoms with Gasteiger partial charge in [0.25, 0.3) is 0 Å². The zero-order valence-corrected chi connectivity index (χ0v) is 17.5. The SMILES string of the molecule is CCS(CC)(CC)OC1CCCC2(C)C(CCI)CCC12. The first-order chi connectivity index (χ1) is 10.0. The monoisotopic (exact) mass is 426 g/mol. The molecule has 0 N–H and O–H groups in total. The number of hydrogen-bond acceptors (Lipinski definition) is 1. The van der Waals surface area contributed by atoms with Crippen LogP contribution in [-0.2, 0) is 4.18 Å². The molecule has 2 aliphatic carbocycles. The van der Waals surface area contributed by atoms with Gasteiger partial charge in [0.15, 0.2) is 0 Å². The van der Waals surface area contributed by atoms with Crippen molar-refractivity contribution in [2.24, 2.45) is 17.3 Å². The van der Waals surface area contributed by atoms with Gasteiger partial charge in [0.2, 0.25) is 0 Å². The Bertz CT molecular complexity index is 323. The predicted octanol–water partition coefficient (Wildman–Crippen LogP) is 6.19. The van der Waals surface area contributed by atoms with E-state index in [1.807, 2.05) is 0 Å². The molecule has 0 aromatic carbocycles. The maximum absolute atomic E-state index is 6.91. The van der Waals surface area contributed by atoms with E-state index in [0.717, 1.165) is 11.8 Å². The largest absolute Gasteiger partial charge is 0.333 e. The normalized spacial score (nSPS) is 37.5. The van der Waals surface area contributed by atoms with Crippen LogP contribution in [0.15, 0.2) is 0 Å². The third-order valence-electron chi connectivity index (χ3n) is 6.62. The Morgan fingerprint density at radius 2 is 1.76 bits per heavy atom. The summed E-state index contributed by atoms with van der Waals surface area (Å²) >= 11 is 2.57. The van der Waals surface area contributed by atoms with Crippen molar-refractivity contribution in [3.05, 3.63) is 0 Å². The second-order valence-corrected chi connectivity index (χ2v) is 12.2. The Hall–Kier alpha value is 1.04. The number of halogens is 1. The van der Waals surface area contributed by atoms with Gasteiger partial charge in [0.05, 0.1) is 6.10 Å². The van der Waals surface area contributed by atoms with Crippen molar-refractivity contribution in [1.29, 1.82) is 0 Å². The summed E-state index contributed by atoms with van der Waals surface area (Å²) in [5.41, 5.74) is 0.578. The molecule has 0 amide bonds. The molecule has 0 saturated heterocycles. The van der Waals surface area contributed by atoms with Gasteiger partial charge in [-0.3, -0.25) is 0 Å². The van der Waals surface area contributed by atoms with Crippen LogP contribution in [0.2, 0.25) is 0 Å². The molecule has 0 aromatic rings. The van der Waals surface area contributed by atoms with E-state index in [0.29, 0.717) is 11.5 Å². The lowest BCUT2D eigenvalue weighted by atomic mass is 9.64. The minimum absolute atomic E-state index is 0.567. The average Bonchev–Trinajstić information content (AvgIpc) is 2.83. The molecule has 0 heterocycles. The fourth-order valence-electron chi connectivity index (χ4n) is 5.03. The van der Waals surface area contributed by atoms with E-state index in [1.54, 1.807) is 0 Å². The summed E-state index contributed by atoms with van der Waals surface area (Å²) in [4.78, 5) is 0. The molecule has 2 fully saturated rings. The van der Waals surface area contributed by atoms with Crippen molar-refractivity contribution in [3.8, 4) is 0 Å². The van der Waals surface area contributed by atoms with Crippen LogP contribution in [-0.4, -0.2) is 27.8 Å². The van der Waals surface area contributed by atoms with Gasteiger partial charge >= 0.3 is 0 Å². The van der Waals surface area contributed by atoms with Crippen LogP contribution >= 0.6 is 32.9 Å². The van der Waals surface area contributed by atoms with Gasteiger partial charge in [0.1, 0.15) is 0 Å². The predicted molar refractivity (Wildman–Crippen MR) is 106 cm³/mol. The van der Waals surface area contributed by atoms with E-state index in [1.165, 1.54) is 60.2 Å². The molecule has 0 aromatic heterocycles. The summed E-state index contributed by atoms with van der Waals surface area (Å²) in [6, 6.07) is 0. The van der Waals surface area contributed by atoms with Gasteiger partial charge in [-0.1, -0.05) is 56.7 Å². The third kappa shape index (κ3) is 3.60. The minimum atomic E-state index is -0.807. The van der Waals surface area contributed by atoms with Crippen molar-refractivity contribution in [2.45, 2.75) is 72.3 Å². The fourth-order valence-corrected chi connectivity index (χ4v) is 8.17. The summed E-state index contributed by atoms with van der Waals surface area (Å²) in [6.45, 7) is 9.63. The Labute approximate surface area is 148 Å². The molecule has 0 radical (unpaired) electrons. The van der Waals surface area contributed by atoms with Crippen molar-refractivity contribution in [3.63, 3.8) is 0 Å². The molecule has 3 heteroatoms. The molecule has 21 heavy (non-hydrogen) atoms. The minimum Gasteiger partial charge on any atom is -0.333 e. The Kier molecular flexibility index (Phi) is 6.77. The molecule has 2 saturated carbocycles. The lowest BCUT2D eigenvalue weighted by molar-refractivity contribution is 0.00389. The van der Waals surface area contributed by atoms with Gasteiger partial charge in [-0.15, -0.1) is 10.3 Å². The van der Waals surface area contributed by atoms with Crippen LogP contribution in [0, 0.1) is 17.3 Å². The molecule has 4 atom stereocenters. The number of fused-ring (bicyclic) bond motifs is 1. The Morgan fingerprint density at radius 3 is 2.33 bits per heavy atom. The highest BCUT2D eigenvalue weighted by molar-refractivity contribution is 14.1. The number of alkyl halides is 1. The molecule has 4 unspecified atom stereocenters. The highest BCUT2D eigenvalue weighted by Crippen LogP contribution is 2.60. The number of hydrogen-bond donors (Lipinski definition) is 0. The maximum atomic E-state index is 6.91. The van der Waals surface area contributed by atoms with E-state index in [9.17, 15) is 0 Å². The molecule has 0 spiro atoms. The van der Waals surface area contributed by atoms with Crippen molar-refractivity contribution < 1.29 is 4.18 Å². The smallest absolute Gasteiger partial charge is 0.0734 e. The fraction of sp³-hybridized carbons (Fsp3) is 1.00. The van der Waals surface area contributed by atoms with E-state index in [-0.39, 0.29) is 0 Å². The Balaban J connectivity index is 2.12. The van der Waals surface area contributed by atoms with Gasteiger partial charge < -0.3 is 4.18 Å². The molecule has 0 bridgehead atoms. The second kappa shape index (κ2) is 7.74. The Morgan fingerprint density at radius 1 is 1.10 bits per heavy atom. The maximum Gasteiger partial charge on any atom is 0.0734 e. The van der Waals surface area contributed by atoms with E-state index >= 15 is 0 Å². The van der Waals surface area contributed by atoms with Gasteiger partial charge in [-0.05, 0) is 71.0 Å². The van der Waals surface area contributed by atoms with Crippen LogP contribution in [0.4, 0.5) is 0 Å². The summed E-state index contributed by atoms with van der Waals surface area (Å²) in [5.74, 6) is 5.54. The summed E-state index contributed by atoms with van der Waals surface area (Å²) < 4.78 is 8.24. The zero-order valence-electron chi connectivity index (χ0n) is 14.5. The first-order valence-electron chi connectivity index (χ1n) is 9.05. The summed E-state index contributed by atoms with van der Waals surface area (Å²) in [6.07, 6.45) is 9.04. The summed E-state index contributed by atoms with van der Waals surface area (Å²) in [7, 11) is -0.807. The van der Waals surface area contributed by atoms with E-state index in [4.69, 9.17) is 4.18 Å². The zero-order chi connectivity index (χ0) is 15.5. The molecular weight excluding hydrogens is 391 g/mol. The van der Waals surface area contributed by atoms with Crippen molar-refractivity contribution >= 4 is 32.9 Å². The van der Waals surface area contributed by atoms with Gasteiger partial charge in [-0.25, -0.2) is 0 Å². The average molecular weight is 426 g/mol. The topological polar surface area (TPSA) is 9.23 Å². The van der Waals surface area contributed by atoms with Crippen LogP contribution in [0.1, 0.15) is 66.2 Å². The lowest BCUT2D eigenvalue weighted by Crippen LogP contribution is -2.42.